The fraction of sp³-hybridized carbons (Fsp3) is 0.436. The molecule has 2 saturated heterocycles. The highest BCUT2D eigenvalue weighted by molar-refractivity contribution is 5.88. The van der Waals surface area contributed by atoms with Crippen molar-refractivity contribution in [1.29, 1.82) is 0 Å². The summed E-state index contributed by atoms with van der Waals surface area (Å²) in [5.41, 5.74) is 1.74. The van der Waals surface area contributed by atoms with E-state index in [0.717, 1.165) is 56.8 Å². The van der Waals surface area contributed by atoms with Crippen molar-refractivity contribution >= 4 is 48.8 Å². The first kappa shape index (κ1) is 44.8. The van der Waals surface area contributed by atoms with Gasteiger partial charge in [-0.05, 0) is 54.9 Å². The molecule has 0 unspecified atom stereocenters. The summed E-state index contributed by atoms with van der Waals surface area (Å²) in [7, 11) is 9.47. The second-order valence-corrected chi connectivity index (χ2v) is 12.0. The van der Waals surface area contributed by atoms with Crippen molar-refractivity contribution in [2.24, 2.45) is 0 Å². The van der Waals surface area contributed by atoms with Crippen LogP contribution in [0, 0.1) is 0 Å². The predicted molar refractivity (Wildman–Crippen MR) is 214 cm³/mol. The molecule has 2 heterocycles. The molecule has 12 nitrogen and oxygen atoms in total. The molecule has 292 valence electrons. The zero-order valence-electron chi connectivity index (χ0n) is 31.6. The van der Waals surface area contributed by atoms with Crippen LogP contribution >= 0.6 is 24.8 Å². The Morgan fingerprint density at radius 2 is 0.830 bits per heavy atom. The number of piperazine rings is 2. The van der Waals surface area contributed by atoms with Gasteiger partial charge in [0.15, 0.2) is 23.0 Å². The average Bonchev–Trinajstić information content (AvgIpc) is 3.17. The molecule has 0 bridgehead atoms. The van der Waals surface area contributed by atoms with Gasteiger partial charge in [-0.3, -0.25) is 19.4 Å². The summed E-state index contributed by atoms with van der Waals surface area (Å²) in [6.07, 6.45) is 15.2. The third-order valence-corrected chi connectivity index (χ3v) is 8.97. The maximum Gasteiger partial charge on any atom is 0.246 e. The first-order valence-electron chi connectivity index (χ1n) is 17.2. The second-order valence-electron chi connectivity index (χ2n) is 12.0. The lowest BCUT2D eigenvalue weighted by Gasteiger charge is -2.36. The first-order chi connectivity index (χ1) is 24.8. The number of hydrogen-bond donors (Lipinski definition) is 0. The third-order valence-electron chi connectivity index (χ3n) is 8.97. The van der Waals surface area contributed by atoms with Crippen molar-refractivity contribution in [1.82, 2.24) is 19.6 Å². The number of hydrogen-bond acceptors (Lipinski definition) is 10. The molecule has 0 spiro atoms. The molecule has 0 atom stereocenters. The Bertz CT molecular complexity index is 1420. The van der Waals surface area contributed by atoms with Crippen molar-refractivity contribution in [2.45, 2.75) is 6.42 Å². The number of amides is 2. The lowest BCUT2D eigenvalue weighted by Crippen LogP contribution is -2.50. The van der Waals surface area contributed by atoms with E-state index in [2.05, 4.69) is 9.80 Å². The summed E-state index contributed by atoms with van der Waals surface area (Å²) < 4.78 is 32.4. The Labute approximate surface area is 326 Å². The molecule has 2 aliphatic heterocycles. The van der Waals surface area contributed by atoms with Gasteiger partial charge in [-0.1, -0.05) is 36.5 Å². The molecule has 2 aromatic rings. The van der Waals surface area contributed by atoms with Gasteiger partial charge in [0, 0.05) is 64.5 Å². The van der Waals surface area contributed by atoms with Crippen LogP contribution < -0.4 is 28.4 Å². The van der Waals surface area contributed by atoms with E-state index in [1.54, 1.807) is 67.0 Å². The maximum atomic E-state index is 12.8. The Morgan fingerprint density at radius 1 is 0.509 bits per heavy atom. The van der Waals surface area contributed by atoms with Crippen molar-refractivity contribution in [3.63, 3.8) is 0 Å². The maximum absolute atomic E-state index is 12.8. The van der Waals surface area contributed by atoms with Crippen LogP contribution in [0.5, 0.6) is 34.5 Å². The van der Waals surface area contributed by atoms with Crippen LogP contribution in [-0.4, -0.2) is 140 Å². The number of carbonyl (C=O) groups excluding carboxylic acids is 2. The predicted octanol–water partition coefficient (Wildman–Crippen LogP) is 5.10. The Balaban J connectivity index is 0.00000486. The van der Waals surface area contributed by atoms with Gasteiger partial charge in [0.25, 0.3) is 0 Å². The second kappa shape index (κ2) is 23.3. The monoisotopic (exact) mass is 776 g/mol. The molecule has 2 aliphatic rings. The fourth-order valence-corrected chi connectivity index (χ4v) is 6.12. The van der Waals surface area contributed by atoms with E-state index < -0.39 is 0 Å². The molecule has 2 amide bonds. The largest absolute Gasteiger partial charge is 0.493 e. The number of allylic oxidation sites excluding steroid dienone is 4. The minimum absolute atomic E-state index is 0. The topological polar surface area (TPSA) is 102 Å². The smallest absolute Gasteiger partial charge is 0.246 e. The molecule has 0 aromatic heterocycles. The van der Waals surface area contributed by atoms with E-state index in [0.29, 0.717) is 60.7 Å². The molecule has 53 heavy (non-hydrogen) atoms. The van der Waals surface area contributed by atoms with E-state index in [1.807, 2.05) is 58.4 Å². The zero-order chi connectivity index (χ0) is 36.6. The van der Waals surface area contributed by atoms with Crippen LogP contribution in [0.15, 0.2) is 60.7 Å². The molecule has 0 saturated carbocycles. The molecule has 2 aromatic carbocycles. The van der Waals surface area contributed by atoms with Gasteiger partial charge in [-0.25, -0.2) is 0 Å². The Morgan fingerprint density at radius 3 is 1.11 bits per heavy atom. The molecule has 2 fully saturated rings. The summed E-state index contributed by atoms with van der Waals surface area (Å²) in [5, 5.41) is 0. The molecule has 0 aliphatic carbocycles. The fourth-order valence-electron chi connectivity index (χ4n) is 6.12. The molecule has 4 rings (SSSR count). The van der Waals surface area contributed by atoms with Crippen molar-refractivity contribution < 1.29 is 38.0 Å². The van der Waals surface area contributed by atoms with E-state index in [-0.39, 0.29) is 36.6 Å². The number of rotatable bonds is 16. The van der Waals surface area contributed by atoms with Crippen molar-refractivity contribution in [2.75, 3.05) is 108 Å². The number of carbonyl (C=O) groups is 2. The summed E-state index contributed by atoms with van der Waals surface area (Å²) in [5.74, 6) is 3.42. The number of methoxy groups -OCH3 is 6. The van der Waals surface area contributed by atoms with Crippen LogP contribution in [-0.2, 0) is 9.59 Å². The van der Waals surface area contributed by atoms with Gasteiger partial charge in [0.2, 0.25) is 23.3 Å². The molecular weight excluding hydrogens is 723 g/mol. The molecule has 14 heteroatoms. The lowest BCUT2D eigenvalue weighted by molar-refractivity contribution is -0.128. The summed E-state index contributed by atoms with van der Waals surface area (Å²) in [6, 6.07) is 7.42. The number of benzene rings is 2. The zero-order valence-corrected chi connectivity index (χ0v) is 33.2. The molecular formula is C39H54Cl2N4O8. The van der Waals surface area contributed by atoms with Gasteiger partial charge in [-0.15, -0.1) is 24.8 Å². The Hall–Kier alpha value is -4.36. The first-order valence-corrected chi connectivity index (χ1v) is 17.2. The van der Waals surface area contributed by atoms with Gasteiger partial charge < -0.3 is 38.2 Å². The minimum atomic E-state index is 0. The standard InChI is InChI=1S/C39H52N4O8.2ClH/c1-46-32-26-30(27-33(47-2)38(32)50-5)12-7-9-14-36(44)42-22-18-40(19-23-42)16-11-17-41-20-24-43(25-21-41)37(45)15-10-8-13-31-28-34(48-3)39(51-6)35(29-31)49-4;;/h7-10,12-15,26-29H,11,16-25H2,1-6H3;2*1H. The average molecular weight is 778 g/mol. The van der Waals surface area contributed by atoms with E-state index in [4.69, 9.17) is 28.4 Å². The lowest BCUT2D eigenvalue weighted by atomic mass is 10.1. The van der Waals surface area contributed by atoms with Gasteiger partial charge in [0.1, 0.15) is 0 Å². The minimum Gasteiger partial charge on any atom is -0.493 e. The van der Waals surface area contributed by atoms with E-state index in [9.17, 15) is 9.59 Å². The van der Waals surface area contributed by atoms with E-state index in [1.165, 1.54) is 0 Å². The normalized spacial score (nSPS) is 15.4. The van der Waals surface area contributed by atoms with Gasteiger partial charge >= 0.3 is 0 Å². The van der Waals surface area contributed by atoms with Crippen LogP contribution in [0.2, 0.25) is 0 Å². The molecule has 0 N–H and O–H groups in total. The van der Waals surface area contributed by atoms with Gasteiger partial charge in [-0.2, -0.15) is 0 Å². The quantitative estimate of drug-likeness (QED) is 0.169. The van der Waals surface area contributed by atoms with Crippen LogP contribution in [0.3, 0.4) is 0 Å². The number of nitrogens with zero attached hydrogens (tertiary/aromatic N) is 4. The highest BCUT2D eigenvalue weighted by atomic mass is 35.5. The summed E-state index contributed by atoms with van der Waals surface area (Å²) in [4.78, 5) is 34.2. The van der Waals surface area contributed by atoms with Crippen LogP contribution in [0.4, 0.5) is 0 Å². The number of ether oxygens (including phenoxy) is 6. The number of halogens is 2. The van der Waals surface area contributed by atoms with Crippen LogP contribution in [0.25, 0.3) is 12.2 Å². The Kier molecular flexibility index (Phi) is 19.7. The highest BCUT2D eigenvalue weighted by Gasteiger charge is 2.22. The summed E-state index contributed by atoms with van der Waals surface area (Å²) >= 11 is 0. The van der Waals surface area contributed by atoms with Crippen molar-refractivity contribution in [3.05, 3.63) is 71.8 Å². The van der Waals surface area contributed by atoms with Crippen molar-refractivity contribution in [3.8, 4) is 34.5 Å². The summed E-state index contributed by atoms with van der Waals surface area (Å²) in [6.45, 7) is 8.31. The van der Waals surface area contributed by atoms with Crippen LogP contribution in [0.1, 0.15) is 17.5 Å². The molecule has 0 radical (unpaired) electrons. The van der Waals surface area contributed by atoms with Gasteiger partial charge in [0.05, 0.1) is 42.7 Å². The highest BCUT2D eigenvalue weighted by Crippen LogP contribution is 2.39. The third kappa shape index (κ3) is 12.9. The SMILES string of the molecule is COc1cc(C=CC=CC(=O)N2CCN(CCCN3CCN(C(=O)C=CC=Cc4cc(OC)c(OC)c(OC)c4)CC3)CC2)cc(OC)c1OC.Cl.Cl. The van der Waals surface area contributed by atoms with E-state index >= 15 is 0 Å².